The van der Waals surface area contributed by atoms with Crippen LogP contribution in [-0.4, -0.2) is 31.2 Å². The molecule has 3 nitrogen and oxygen atoms in total. The Kier molecular flexibility index (Phi) is 4.51. The van der Waals surface area contributed by atoms with E-state index in [2.05, 4.69) is 26.9 Å². The largest absolute Gasteiger partial charge is 0.368 e. The standard InChI is InChI=1S/C16H17Cl2N3/c17-12-13-2-1-7-19-16(13)21-10-8-20(9-11-21)15-5-3-14(18)4-6-15/h1-7H,8-12H2. The van der Waals surface area contributed by atoms with Crippen LogP contribution in [0, 0.1) is 0 Å². The van der Waals surface area contributed by atoms with Gasteiger partial charge in [-0.25, -0.2) is 4.98 Å². The van der Waals surface area contributed by atoms with Gasteiger partial charge in [0.1, 0.15) is 5.82 Å². The summed E-state index contributed by atoms with van der Waals surface area (Å²) < 4.78 is 0. The van der Waals surface area contributed by atoms with Crippen molar-refractivity contribution in [3.63, 3.8) is 0 Å². The zero-order chi connectivity index (χ0) is 14.7. The smallest absolute Gasteiger partial charge is 0.133 e. The molecule has 0 spiro atoms. The number of nitrogens with zero attached hydrogens (tertiary/aromatic N) is 3. The third-order valence-electron chi connectivity index (χ3n) is 3.78. The molecule has 0 saturated carbocycles. The molecular formula is C16H17Cl2N3. The number of alkyl halides is 1. The van der Waals surface area contributed by atoms with Crippen molar-refractivity contribution >= 4 is 34.7 Å². The lowest BCUT2D eigenvalue weighted by molar-refractivity contribution is 0.646. The lowest BCUT2D eigenvalue weighted by atomic mass is 10.2. The Morgan fingerprint density at radius 1 is 0.952 bits per heavy atom. The zero-order valence-corrected chi connectivity index (χ0v) is 13.2. The van der Waals surface area contributed by atoms with E-state index in [9.17, 15) is 0 Å². The molecule has 0 bridgehead atoms. The number of anilines is 2. The molecule has 2 heterocycles. The van der Waals surface area contributed by atoms with Gasteiger partial charge >= 0.3 is 0 Å². The SMILES string of the molecule is ClCc1cccnc1N1CCN(c2ccc(Cl)cc2)CC1. The number of rotatable bonds is 3. The van der Waals surface area contributed by atoms with Crippen molar-refractivity contribution < 1.29 is 0 Å². The highest BCUT2D eigenvalue weighted by Gasteiger charge is 2.19. The van der Waals surface area contributed by atoms with E-state index < -0.39 is 0 Å². The molecule has 0 atom stereocenters. The van der Waals surface area contributed by atoms with Gasteiger partial charge in [-0.05, 0) is 30.3 Å². The summed E-state index contributed by atoms with van der Waals surface area (Å²) in [5.41, 5.74) is 2.32. The Morgan fingerprint density at radius 2 is 1.62 bits per heavy atom. The highest BCUT2D eigenvalue weighted by Crippen LogP contribution is 2.23. The van der Waals surface area contributed by atoms with E-state index in [0.717, 1.165) is 42.6 Å². The summed E-state index contributed by atoms with van der Waals surface area (Å²) in [4.78, 5) is 9.17. The molecule has 1 fully saturated rings. The van der Waals surface area contributed by atoms with Crippen LogP contribution in [0.4, 0.5) is 11.5 Å². The first kappa shape index (κ1) is 14.5. The van der Waals surface area contributed by atoms with E-state index >= 15 is 0 Å². The fourth-order valence-electron chi connectivity index (χ4n) is 2.65. The second-order valence-electron chi connectivity index (χ2n) is 5.07. The van der Waals surface area contributed by atoms with Crippen molar-refractivity contribution in [1.29, 1.82) is 0 Å². The number of pyridine rings is 1. The van der Waals surface area contributed by atoms with Gasteiger partial charge in [0, 0.05) is 48.6 Å². The van der Waals surface area contributed by atoms with Crippen molar-refractivity contribution in [3.8, 4) is 0 Å². The Hall–Kier alpha value is -1.45. The van der Waals surface area contributed by atoms with Gasteiger partial charge in [-0.15, -0.1) is 11.6 Å². The third-order valence-corrected chi connectivity index (χ3v) is 4.32. The second-order valence-corrected chi connectivity index (χ2v) is 5.77. The normalized spacial score (nSPS) is 15.3. The van der Waals surface area contributed by atoms with Crippen molar-refractivity contribution in [1.82, 2.24) is 4.98 Å². The fourth-order valence-corrected chi connectivity index (χ4v) is 2.98. The first-order valence-corrected chi connectivity index (χ1v) is 7.94. The monoisotopic (exact) mass is 321 g/mol. The summed E-state index contributed by atoms with van der Waals surface area (Å²) in [6, 6.07) is 12.0. The lowest BCUT2D eigenvalue weighted by Crippen LogP contribution is -2.47. The lowest BCUT2D eigenvalue weighted by Gasteiger charge is -2.37. The van der Waals surface area contributed by atoms with Crippen LogP contribution in [0.3, 0.4) is 0 Å². The van der Waals surface area contributed by atoms with E-state index in [1.54, 1.807) is 0 Å². The Balaban J connectivity index is 1.69. The minimum Gasteiger partial charge on any atom is -0.368 e. The molecule has 0 N–H and O–H groups in total. The number of hydrogen-bond acceptors (Lipinski definition) is 3. The van der Waals surface area contributed by atoms with Gasteiger partial charge in [0.15, 0.2) is 0 Å². The summed E-state index contributed by atoms with van der Waals surface area (Å²) in [7, 11) is 0. The topological polar surface area (TPSA) is 19.4 Å². The zero-order valence-electron chi connectivity index (χ0n) is 11.7. The predicted octanol–water partition coefficient (Wildman–Crippen LogP) is 3.80. The van der Waals surface area contributed by atoms with Crippen LogP contribution in [0.1, 0.15) is 5.56 Å². The summed E-state index contributed by atoms with van der Waals surface area (Å²) in [5, 5.41) is 0.776. The number of aromatic nitrogens is 1. The molecule has 2 aromatic rings. The van der Waals surface area contributed by atoms with E-state index in [4.69, 9.17) is 23.2 Å². The molecule has 1 saturated heterocycles. The van der Waals surface area contributed by atoms with Crippen LogP contribution in [-0.2, 0) is 5.88 Å². The Morgan fingerprint density at radius 3 is 2.29 bits per heavy atom. The van der Waals surface area contributed by atoms with Crippen LogP contribution in [0.5, 0.6) is 0 Å². The van der Waals surface area contributed by atoms with Crippen molar-refractivity contribution in [2.75, 3.05) is 36.0 Å². The number of halogens is 2. The van der Waals surface area contributed by atoms with E-state index in [0.29, 0.717) is 5.88 Å². The molecule has 110 valence electrons. The molecule has 1 aromatic carbocycles. The third kappa shape index (κ3) is 3.25. The molecule has 0 unspecified atom stereocenters. The predicted molar refractivity (Wildman–Crippen MR) is 89.7 cm³/mol. The highest BCUT2D eigenvalue weighted by atomic mass is 35.5. The first-order valence-electron chi connectivity index (χ1n) is 7.03. The van der Waals surface area contributed by atoms with E-state index in [-0.39, 0.29) is 0 Å². The summed E-state index contributed by atoms with van der Waals surface area (Å²) >= 11 is 11.9. The van der Waals surface area contributed by atoms with Crippen LogP contribution in [0.2, 0.25) is 5.02 Å². The summed E-state index contributed by atoms with van der Waals surface area (Å²) in [5.74, 6) is 1.52. The molecule has 3 rings (SSSR count). The molecular weight excluding hydrogens is 305 g/mol. The summed E-state index contributed by atoms with van der Waals surface area (Å²) in [6.07, 6.45) is 1.83. The molecule has 1 aliphatic rings. The van der Waals surface area contributed by atoms with Crippen LogP contribution in [0.15, 0.2) is 42.6 Å². The minimum absolute atomic E-state index is 0.501. The van der Waals surface area contributed by atoms with Gasteiger partial charge in [0.25, 0.3) is 0 Å². The molecule has 5 heteroatoms. The quantitative estimate of drug-likeness (QED) is 0.801. The molecule has 21 heavy (non-hydrogen) atoms. The van der Waals surface area contributed by atoms with Crippen molar-refractivity contribution in [3.05, 3.63) is 53.2 Å². The summed E-state index contributed by atoms with van der Waals surface area (Å²) in [6.45, 7) is 3.84. The minimum atomic E-state index is 0.501. The maximum atomic E-state index is 6.00. The fraction of sp³-hybridized carbons (Fsp3) is 0.312. The Labute approximate surface area is 135 Å². The second kappa shape index (κ2) is 6.54. The van der Waals surface area contributed by atoms with Crippen LogP contribution in [0.25, 0.3) is 0 Å². The van der Waals surface area contributed by atoms with Crippen molar-refractivity contribution in [2.24, 2.45) is 0 Å². The number of benzene rings is 1. The molecule has 0 amide bonds. The molecule has 1 aromatic heterocycles. The number of hydrogen-bond donors (Lipinski definition) is 0. The maximum absolute atomic E-state index is 6.00. The first-order chi connectivity index (χ1) is 10.3. The number of piperazine rings is 1. The van der Waals surface area contributed by atoms with Gasteiger partial charge in [0.05, 0.1) is 5.88 Å². The van der Waals surface area contributed by atoms with Crippen molar-refractivity contribution in [2.45, 2.75) is 5.88 Å². The van der Waals surface area contributed by atoms with Gasteiger partial charge < -0.3 is 9.80 Å². The van der Waals surface area contributed by atoms with Gasteiger partial charge in [-0.1, -0.05) is 17.7 Å². The molecule has 1 aliphatic heterocycles. The van der Waals surface area contributed by atoms with E-state index in [1.807, 2.05) is 30.5 Å². The van der Waals surface area contributed by atoms with Crippen LogP contribution < -0.4 is 9.80 Å². The van der Waals surface area contributed by atoms with Gasteiger partial charge in [-0.3, -0.25) is 0 Å². The average Bonchev–Trinajstić information content (AvgIpc) is 2.56. The van der Waals surface area contributed by atoms with Crippen LogP contribution >= 0.6 is 23.2 Å². The molecule has 0 radical (unpaired) electrons. The average molecular weight is 322 g/mol. The molecule has 0 aliphatic carbocycles. The van der Waals surface area contributed by atoms with Gasteiger partial charge in [-0.2, -0.15) is 0 Å². The van der Waals surface area contributed by atoms with E-state index in [1.165, 1.54) is 5.69 Å². The highest BCUT2D eigenvalue weighted by molar-refractivity contribution is 6.30. The van der Waals surface area contributed by atoms with Gasteiger partial charge in [0.2, 0.25) is 0 Å². The maximum Gasteiger partial charge on any atom is 0.133 e. The Bertz CT molecular complexity index is 593.